The molecule has 2 aliphatic heterocycles. The monoisotopic (exact) mass is 379 g/mol. The summed E-state index contributed by atoms with van der Waals surface area (Å²) in [4.78, 5) is 26.8. The highest BCUT2D eigenvalue weighted by Crippen LogP contribution is 2.33. The standard InChI is InChI=1S/C21H21N3O4/c1-28-16-8-2-13(3-9-16)10-11-24-12-17-18(20(24)26)19(23-21(27)22-17)14-4-6-15(25)7-5-14/h2-9,19,25H,10-12H2,1H3,(H2,22,23,27)/t19-/m0/s1. The van der Waals surface area contributed by atoms with Gasteiger partial charge in [0.15, 0.2) is 0 Å². The summed E-state index contributed by atoms with van der Waals surface area (Å²) in [5.74, 6) is 0.842. The lowest BCUT2D eigenvalue weighted by Gasteiger charge is -2.25. The van der Waals surface area contributed by atoms with E-state index in [9.17, 15) is 14.7 Å². The fourth-order valence-corrected chi connectivity index (χ4v) is 3.58. The molecule has 7 heteroatoms. The van der Waals surface area contributed by atoms with Gasteiger partial charge in [-0.05, 0) is 41.8 Å². The highest BCUT2D eigenvalue weighted by molar-refractivity contribution is 6.01. The van der Waals surface area contributed by atoms with E-state index in [1.54, 1.807) is 36.3 Å². The Hall–Kier alpha value is -3.48. The zero-order chi connectivity index (χ0) is 19.7. The molecule has 0 bridgehead atoms. The molecule has 3 amide bonds. The van der Waals surface area contributed by atoms with Crippen LogP contribution in [-0.4, -0.2) is 42.1 Å². The van der Waals surface area contributed by atoms with Gasteiger partial charge in [-0.25, -0.2) is 4.79 Å². The van der Waals surface area contributed by atoms with E-state index in [-0.39, 0.29) is 17.7 Å². The lowest BCUT2D eigenvalue weighted by atomic mass is 9.96. The van der Waals surface area contributed by atoms with E-state index < -0.39 is 6.04 Å². The van der Waals surface area contributed by atoms with Crippen molar-refractivity contribution in [2.75, 3.05) is 20.2 Å². The Morgan fingerprint density at radius 1 is 1.11 bits per heavy atom. The molecule has 0 fully saturated rings. The SMILES string of the molecule is COc1ccc(CCN2CC3=C(C2=O)[C@H](c2ccc(O)cc2)NC(=O)N3)cc1. The van der Waals surface area contributed by atoms with Gasteiger partial charge in [0.2, 0.25) is 0 Å². The van der Waals surface area contributed by atoms with Crippen LogP contribution in [0, 0.1) is 0 Å². The van der Waals surface area contributed by atoms with Gasteiger partial charge in [0.1, 0.15) is 11.5 Å². The Bertz CT molecular complexity index is 935. The van der Waals surface area contributed by atoms with Crippen molar-refractivity contribution in [1.29, 1.82) is 0 Å². The molecule has 7 nitrogen and oxygen atoms in total. The third-order valence-corrected chi connectivity index (χ3v) is 5.08. The molecule has 4 rings (SSSR count). The largest absolute Gasteiger partial charge is 0.508 e. The number of aromatic hydroxyl groups is 1. The molecule has 2 aromatic carbocycles. The second-order valence-corrected chi connectivity index (χ2v) is 6.84. The number of urea groups is 1. The van der Waals surface area contributed by atoms with E-state index >= 15 is 0 Å². The number of benzene rings is 2. The molecule has 0 saturated carbocycles. The van der Waals surface area contributed by atoms with Crippen molar-refractivity contribution < 1.29 is 19.4 Å². The number of methoxy groups -OCH3 is 1. The number of nitrogens with one attached hydrogen (secondary N) is 2. The van der Waals surface area contributed by atoms with Crippen LogP contribution < -0.4 is 15.4 Å². The van der Waals surface area contributed by atoms with Crippen LogP contribution in [0.4, 0.5) is 4.79 Å². The zero-order valence-electron chi connectivity index (χ0n) is 15.4. The van der Waals surface area contributed by atoms with Gasteiger partial charge in [-0.3, -0.25) is 4.79 Å². The quantitative estimate of drug-likeness (QED) is 0.742. The summed E-state index contributed by atoms with van der Waals surface area (Å²) in [5, 5.41) is 15.1. The maximum atomic E-state index is 13.0. The number of carbonyl (C=O) groups excluding carboxylic acids is 2. The van der Waals surface area contributed by atoms with Crippen molar-refractivity contribution in [2.24, 2.45) is 0 Å². The molecule has 3 N–H and O–H groups in total. The van der Waals surface area contributed by atoms with Crippen LogP contribution >= 0.6 is 0 Å². The van der Waals surface area contributed by atoms with Crippen molar-refractivity contribution in [2.45, 2.75) is 12.5 Å². The highest BCUT2D eigenvalue weighted by atomic mass is 16.5. The predicted molar refractivity (Wildman–Crippen MR) is 103 cm³/mol. The smallest absolute Gasteiger partial charge is 0.319 e. The summed E-state index contributed by atoms with van der Waals surface area (Å²) >= 11 is 0. The molecule has 0 saturated heterocycles. The summed E-state index contributed by atoms with van der Waals surface area (Å²) < 4.78 is 5.17. The maximum absolute atomic E-state index is 13.0. The summed E-state index contributed by atoms with van der Waals surface area (Å²) in [6, 6.07) is 13.4. The summed E-state index contributed by atoms with van der Waals surface area (Å²) in [5.41, 5.74) is 3.06. The Kier molecular flexibility index (Phi) is 4.65. The summed E-state index contributed by atoms with van der Waals surface area (Å²) in [6.45, 7) is 0.933. The summed E-state index contributed by atoms with van der Waals surface area (Å²) in [7, 11) is 1.63. The van der Waals surface area contributed by atoms with Gasteiger partial charge in [-0.15, -0.1) is 0 Å². The van der Waals surface area contributed by atoms with E-state index in [4.69, 9.17) is 4.74 Å². The van der Waals surface area contributed by atoms with Gasteiger partial charge in [0, 0.05) is 6.54 Å². The Morgan fingerprint density at radius 2 is 1.82 bits per heavy atom. The van der Waals surface area contributed by atoms with Gasteiger partial charge in [-0.1, -0.05) is 24.3 Å². The highest BCUT2D eigenvalue weighted by Gasteiger charge is 2.40. The van der Waals surface area contributed by atoms with Crippen LogP contribution in [-0.2, 0) is 11.2 Å². The minimum Gasteiger partial charge on any atom is -0.508 e. The normalized spacial score (nSPS) is 18.6. The number of rotatable bonds is 5. The molecule has 2 aromatic rings. The number of amides is 3. The van der Waals surface area contributed by atoms with Crippen LogP contribution in [0.5, 0.6) is 11.5 Å². The fraction of sp³-hybridized carbons (Fsp3) is 0.238. The van der Waals surface area contributed by atoms with Crippen molar-refractivity contribution >= 4 is 11.9 Å². The minimum absolute atomic E-state index is 0.0888. The van der Waals surface area contributed by atoms with Crippen molar-refractivity contribution in [3.8, 4) is 11.5 Å². The van der Waals surface area contributed by atoms with Gasteiger partial charge >= 0.3 is 6.03 Å². The zero-order valence-corrected chi connectivity index (χ0v) is 15.4. The number of carbonyl (C=O) groups is 2. The molecule has 0 radical (unpaired) electrons. The van der Waals surface area contributed by atoms with Crippen molar-refractivity contribution in [1.82, 2.24) is 15.5 Å². The molecule has 28 heavy (non-hydrogen) atoms. The molecular weight excluding hydrogens is 358 g/mol. The average molecular weight is 379 g/mol. The molecular formula is C21H21N3O4. The van der Waals surface area contributed by atoms with Gasteiger partial charge < -0.3 is 25.4 Å². The van der Waals surface area contributed by atoms with Gasteiger partial charge in [0.05, 0.1) is 31.0 Å². The molecule has 2 aliphatic rings. The van der Waals surface area contributed by atoms with Crippen LogP contribution in [0.25, 0.3) is 0 Å². The Morgan fingerprint density at radius 3 is 2.50 bits per heavy atom. The number of phenols is 1. The van der Waals surface area contributed by atoms with Crippen LogP contribution in [0.15, 0.2) is 59.8 Å². The van der Waals surface area contributed by atoms with Crippen LogP contribution in [0.2, 0.25) is 0 Å². The van der Waals surface area contributed by atoms with Gasteiger partial charge in [-0.2, -0.15) is 0 Å². The molecule has 0 spiro atoms. The predicted octanol–water partition coefficient (Wildman–Crippen LogP) is 2.09. The van der Waals surface area contributed by atoms with E-state index in [2.05, 4.69) is 10.6 Å². The lowest BCUT2D eigenvalue weighted by Crippen LogP contribution is -2.44. The molecule has 0 unspecified atom stereocenters. The number of hydrogen-bond acceptors (Lipinski definition) is 4. The molecule has 0 aromatic heterocycles. The van der Waals surface area contributed by atoms with Crippen LogP contribution in [0.1, 0.15) is 17.2 Å². The molecule has 144 valence electrons. The molecule has 1 atom stereocenters. The number of nitrogens with zero attached hydrogens (tertiary/aromatic N) is 1. The van der Waals surface area contributed by atoms with Crippen molar-refractivity contribution in [3.05, 3.63) is 70.9 Å². The molecule has 2 heterocycles. The van der Waals surface area contributed by atoms with E-state index in [1.165, 1.54) is 0 Å². The van der Waals surface area contributed by atoms with E-state index in [1.807, 2.05) is 24.3 Å². The second-order valence-electron chi connectivity index (χ2n) is 6.84. The topological polar surface area (TPSA) is 90.9 Å². The summed E-state index contributed by atoms with van der Waals surface area (Å²) in [6.07, 6.45) is 0.710. The van der Waals surface area contributed by atoms with Crippen LogP contribution in [0.3, 0.4) is 0 Å². The fourth-order valence-electron chi connectivity index (χ4n) is 3.58. The number of hydrogen-bond donors (Lipinski definition) is 3. The van der Waals surface area contributed by atoms with E-state index in [0.29, 0.717) is 30.8 Å². The first-order valence-electron chi connectivity index (χ1n) is 9.07. The first-order chi connectivity index (χ1) is 13.5. The average Bonchev–Trinajstić information content (AvgIpc) is 3.02. The number of phenolic OH excluding ortho intramolecular Hbond substituents is 1. The Balaban J connectivity index is 1.50. The second kappa shape index (κ2) is 7.26. The first kappa shape index (κ1) is 17.9. The van der Waals surface area contributed by atoms with Gasteiger partial charge in [0.25, 0.3) is 5.91 Å². The Labute approximate surface area is 162 Å². The van der Waals surface area contributed by atoms with E-state index in [0.717, 1.165) is 16.9 Å². The minimum atomic E-state index is -0.525. The maximum Gasteiger partial charge on any atom is 0.319 e. The number of ether oxygens (including phenoxy) is 1. The van der Waals surface area contributed by atoms with Crippen molar-refractivity contribution in [3.63, 3.8) is 0 Å². The third-order valence-electron chi connectivity index (χ3n) is 5.08. The third kappa shape index (κ3) is 3.38. The molecule has 0 aliphatic carbocycles. The lowest BCUT2D eigenvalue weighted by molar-refractivity contribution is -0.125. The first-order valence-corrected chi connectivity index (χ1v) is 9.07.